The van der Waals surface area contributed by atoms with Gasteiger partial charge in [-0.05, 0) is 71.6 Å². The quantitative estimate of drug-likeness (QED) is 0.305. The predicted molar refractivity (Wildman–Crippen MR) is 169 cm³/mol. The van der Waals surface area contributed by atoms with E-state index in [2.05, 4.69) is 75.6 Å². The molecule has 2 aliphatic rings. The third kappa shape index (κ3) is 5.78. The van der Waals surface area contributed by atoms with Gasteiger partial charge in [-0.25, -0.2) is 0 Å². The van der Waals surface area contributed by atoms with E-state index in [1.165, 1.54) is 5.56 Å². The fourth-order valence-electron chi connectivity index (χ4n) is 5.54. The monoisotopic (exact) mass is 572 g/mol. The topological polar surface area (TPSA) is 59.9 Å². The Bertz CT molecular complexity index is 1400. The maximum Gasteiger partial charge on any atom is 0.257 e. The van der Waals surface area contributed by atoms with E-state index in [0.29, 0.717) is 16.6 Å². The number of thioether (sulfide) groups is 1. The SMILES string of the molecule is COc1cccc(-c2cccc([C@]34C[C@H](O[Si](C)(C)C(C)(C)C)C[C@H]3CSC(NC(=O)c3ccccc3)=N4)c2)c1. The van der Waals surface area contributed by atoms with Gasteiger partial charge >= 0.3 is 0 Å². The van der Waals surface area contributed by atoms with Crippen LogP contribution >= 0.6 is 11.8 Å². The van der Waals surface area contributed by atoms with Gasteiger partial charge in [0.25, 0.3) is 5.91 Å². The molecule has 0 saturated heterocycles. The second-order valence-electron chi connectivity index (χ2n) is 12.4. The molecule has 5 rings (SSSR count). The first-order chi connectivity index (χ1) is 19.0. The lowest BCUT2D eigenvalue weighted by Crippen LogP contribution is -2.43. The van der Waals surface area contributed by atoms with Gasteiger partial charge in [0.15, 0.2) is 13.5 Å². The third-order valence-electron chi connectivity index (χ3n) is 8.77. The maximum atomic E-state index is 13.1. The number of amidine groups is 1. The zero-order chi connectivity index (χ0) is 28.5. The molecule has 1 N–H and O–H groups in total. The van der Waals surface area contributed by atoms with Gasteiger partial charge in [-0.2, -0.15) is 0 Å². The standard InChI is InChI=1S/C33H40N2O3SSi/c1-32(2,3)40(5,6)38-29-20-27-22-39-31(34-30(36)23-12-8-7-9-13-23)35-33(27,21-29)26-16-10-14-24(18-26)25-15-11-17-28(19-25)37-4/h7-19,27,29H,20-22H2,1-6H3,(H,34,35,36)/t27-,29+,33+/m0/s1. The Morgan fingerprint density at radius 1 is 1.00 bits per heavy atom. The molecule has 0 radical (unpaired) electrons. The van der Waals surface area contributed by atoms with Gasteiger partial charge in [0.05, 0.1) is 12.6 Å². The highest BCUT2D eigenvalue weighted by molar-refractivity contribution is 8.13. The molecule has 1 aliphatic carbocycles. The first-order valence-electron chi connectivity index (χ1n) is 14.0. The Kier molecular flexibility index (Phi) is 8.01. The fraction of sp³-hybridized carbons (Fsp3) is 0.394. The van der Waals surface area contributed by atoms with Crippen molar-refractivity contribution in [1.29, 1.82) is 0 Å². The fourth-order valence-corrected chi connectivity index (χ4v) is 8.07. The predicted octanol–water partition coefficient (Wildman–Crippen LogP) is 7.89. The first kappa shape index (κ1) is 28.6. The van der Waals surface area contributed by atoms with Crippen LogP contribution in [0, 0.1) is 5.92 Å². The van der Waals surface area contributed by atoms with E-state index in [1.807, 2.05) is 42.5 Å². The van der Waals surface area contributed by atoms with Crippen molar-refractivity contribution in [2.75, 3.05) is 12.9 Å². The molecule has 3 aromatic carbocycles. The van der Waals surface area contributed by atoms with Gasteiger partial charge in [-0.1, -0.05) is 81.1 Å². The summed E-state index contributed by atoms with van der Waals surface area (Å²) in [5, 5.41) is 3.93. The Hall–Kier alpha value is -2.87. The Morgan fingerprint density at radius 2 is 1.70 bits per heavy atom. The largest absolute Gasteiger partial charge is 0.497 e. The van der Waals surface area contributed by atoms with E-state index in [1.54, 1.807) is 18.9 Å². The van der Waals surface area contributed by atoms with Gasteiger partial charge in [0, 0.05) is 29.8 Å². The minimum absolute atomic E-state index is 0.125. The number of rotatable bonds is 6. The Labute approximate surface area is 243 Å². The van der Waals surface area contributed by atoms with E-state index in [4.69, 9.17) is 14.2 Å². The van der Waals surface area contributed by atoms with Gasteiger partial charge in [-0.15, -0.1) is 0 Å². The number of nitrogens with one attached hydrogen (secondary N) is 1. The van der Waals surface area contributed by atoms with Gasteiger partial charge in [-0.3, -0.25) is 9.79 Å². The molecule has 1 heterocycles. The molecule has 3 atom stereocenters. The molecule has 1 amide bonds. The second kappa shape index (κ2) is 11.2. The van der Waals surface area contributed by atoms with Gasteiger partial charge in [0.2, 0.25) is 0 Å². The van der Waals surface area contributed by atoms with Crippen molar-refractivity contribution in [3.05, 3.63) is 90.0 Å². The van der Waals surface area contributed by atoms with Gasteiger partial charge in [0.1, 0.15) is 5.75 Å². The molecular weight excluding hydrogens is 533 g/mol. The Morgan fingerprint density at radius 3 is 2.40 bits per heavy atom. The molecule has 1 saturated carbocycles. The number of nitrogens with zero attached hydrogens (tertiary/aromatic N) is 1. The smallest absolute Gasteiger partial charge is 0.257 e. The maximum absolute atomic E-state index is 13.1. The molecule has 40 heavy (non-hydrogen) atoms. The minimum atomic E-state index is -1.97. The van der Waals surface area contributed by atoms with Crippen LogP contribution in [0.3, 0.4) is 0 Å². The van der Waals surface area contributed by atoms with Crippen LogP contribution in [0.5, 0.6) is 5.75 Å². The first-order valence-corrected chi connectivity index (χ1v) is 17.9. The van der Waals surface area contributed by atoms with E-state index >= 15 is 0 Å². The number of carbonyl (C=O) groups is 1. The van der Waals surface area contributed by atoms with E-state index < -0.39 is 13.9 Å². The van der Waals surface area contributed by atoms with Crippen molar-refractivity contribution in [2.24, 2.45) is 10.9 Å². The lowest BCUT2D eigenvalue weighted by molar-refractivity contribution is 0.0977. The number of fused-ring (bicyclic) bond motifs is 1. The molecule has 210 valence electrons. The summed E-state index contributed by atoms with van der Waals surface area (Å²) in [4.78, 5) is 18.5. The van der Waals surface area contributed by atoms with Crippen LogP contribution in [0.15, 0.2) is 83.9 Å². The van der Waals surface area contributed by atoms with Crippen LogP contribution in [-0.4, -0.2) is 38.4 Å². The molecular formula is C33H40N2O3SSi. The van der Waals surface area contributed by atoms with Crippen molar-refractivity contribution in [3.63, 3.8) is 0 Å². The molecule has 0 spiro atoms. The molecule has 1 fully saturated rings. The summed E-state index contributed by atoms with van der Waals surface area (Å²) >= 11 is 1.64. The van der Waals surface area contributed by atoms with Crippen LogP contribution in [-0.2, 0) is 9.96 Å². The highest BCUT2D eigenvalue weighted by Crippen LogP contribution is 2.53. The summed E-state index contributed by atoms with van der Waals surface area (Å²) < 4.78 is 12.5. The zero-order valence-corrected chi connectivity index (χ0v) is 26.2. The van der Waals surface area contributed by atoms with Crippen molar-refractivity contribution in [2.45, 2.75) is 63.4 Å². The van der Waals surface area contributed by atoms with Crippen LogP contribution < -0.4 is 10.1 Å². The number of benzene rings is 3. The summed E-state index contributed by atoms with van der Waals surface area (Å²) in [5.41, 5.74) is 3.57. The minimum Gasteiger partial charge on any atom is -0.497 e. The average molecular weight is 573 g/mol. The summed E-state index contributed by atoms with van der Waals surface area (Å²) in [6.07, 6.45) is 1.89. The molecule has 7 heteroatoms. The van der Waals surface area contributed by atoms with E-state index in [0.717, 1.165) is 35.5 Å². The number of ether oxygens (including phenoxy) is 1. The highest BCUT2D eigenvalue weighted by Gasteiger charge is 2.53. The Balaban J connectivity index is 1.53. The summed E-state index contributed by atoms with van der Waals surface area (Å²) in [6.45, 7) is 11.5. The summed E-state index contributed by atoms with van der Waals surface area (Å²) in [5.74, 6) is 1.90. The van der Waals surface area contributed by atoms with Gasteiger partial charge < -0.3 is 14.5 Å². The van der Waals surface area contributed by atoms with Crippen LogP contribution in [0.4, 0.5) is 0 Å². The van der Waals surface area contributed by atoms with Crippen LogP contribution in [0.25, 0.3) is 11.1 Å². The van der Waals surface area contributed by atoms with Crippen LogP contribution in [0.2, 0.25) is 18.1 Å². The highest BCUT2D eigenvalue weighted by atomic mass is 32.2. The molecule has 3 aromatic rings. The second-order valence-corrected chi connectivity index (χ2v) is 18.2. The number of hydrogen-bond donors (Lipinski definition) is 1. The molecule has 0 unspecified atom stereocenters. The number of aliphatic imine (C=N–C) groups is 1. The zero-order valence-electron chi connectivity index (χ0n) is 24.4. The number of carbonyl (C=O) groups excluding carboxylic acids is 1. The normalized spacial score (nSPS) is 22.8. The van der Waals surface area contributed by atoms with Crippen molar-refractivity contribution < 1.29 is 14.0 Å². The lowest BCUT2D eigenvalue weighted by Gasteiger charge is -2.39. The summed E-state index contributed by atoms with van der Waals surface area (Å²) in [6, 6.07) is 26.2. The van der Waals surface area contributed by atoms with Crippen molar-refractivity contribution in [3.8, 4) is 16.9 Å². The third-order valence-corrected chi connectivity index (χ3v) is 14.3. The number of methoxy groups -OCH3 is 1. The van der Waals surface area contributed by atoms with E-state index in [-0.39, 0.29) is 17.0 Å². The molecule has 0 bridgehead atoms. The summed E-state index contributed by atoms with van der Waals surface area (Å²) in [7, 11) is -0.274. The van der Waals surface area contributed by atoms with Crippen molar-refractivity contribution in [1.82, 2.24) is 5.32 Å². The lowest BCUT2D eigenvalue weighted by atomic mass is 9.80. The number of hydrogen-bond acceptors (Lipinski definition) is 5. The van der Waals surface area contributed by atoms with Crippen LogP contribution in [0.1, 0.15) is 49.5 Å². The average Bonchev–Trinajstić information content (AvgIpc) is 3.30. The molecule has 0 aromatic heterocycles. The molecule has 5 nitrogen and oxygen atoms in total. The van der Waals surface area contributed by atoms with E-state index in [9.17, 15) is 4.79 Å². The molecule has 1 aliphatic heterocycles. The number of amides is 1. The van der Waals surface area contributed by atoms with Crippen molar-refractivity contribution >= 4 is 31.2 Å².